The van der Waals surface area contributed by atoms with Crippen molar-refractivity contribution in [3.05, 3.63) is 11.6 Å². The van der Waals surface area contributed by atoms with Crippen molar-refractivity contribution in [2.45, 2.75) is 163 Å². The minimum atomic E-state index is -1.62. The molecule has 0 aromatic heterocycles. The van der Waals surface area contributed by atoms with Gasteiger partial charge in [0.15, 0.2) is 12.4 Å². The van der Waals surface area contributed by atoms with Gasteiger partial charge in [0.1, 0.15) is 18.3 Å². The summed E-state index contributed by atoms with van der Waals surface area (Å²) >= 11 is 0. The molecule has 15 atom stereocenters. The summed E-state index contributed by atoms with van der Waals surface area (Å²) in [6.07, 6.45) is 4.38. The normalized spacial score (nSPS) is 50.5. The van der Waals surface area contributed by atoms with Crippen LogP contribution in [0.25, 0.3) is 0 Å². The first-order valence-electron chi connectivity index (χ1n) is 19.4. The molecule has 278 valence electrons. The summed E-state index contributed by atoms with van der Waals surface area (Å²) in [5.41, 5.74) is 0.462. The van der Waals surface area contributed by atoms with Gasteiger partial charge < -0.3 is 34.6 Å². The van der Waals surface area contributed by atoms with Gasteiger partial charge in [-0.05, 0) is 115 Å². The second-order valence-corrected chi connectivity index (χ2v) is 18.5. The van der Waals surface area contributed by atoms with Crippen molar-refractivity contribution in [2.75, 3.05) is 6.61 Å². The Kier molecular flexibility index (Phi) is 9.77. The predicted octanol–water partition coefficient (Wildman–Crippen LogP) is 6.26. The third-order valence-electron chi connectivity index (χ3n) is 16.2. The van der Waals surface area contributed by atoms with Gasteiger partial charge in [-0.2, -0.15) is 0 Å². The summed E-state index contributed by atoms with van der Waals surface area (Å²) in [5, 5.41) is 43.0. The Morgan fingerprint density at radius 1 is 0.898 bits per heavy atom. The molecule has 0 radical (unpaired) electrons. The zero-order chi connectivity index (χ0) is 35.9. The molecular formula is C40H64O9. The lowest BCUT2D eigenvalue weighted by atomic mass is 9.33. The SMILES string of the molecule is CCCCOC(=O)C1OC(O[C@H]2CC[C@]3(C)[C@H]4CC=C5[C@@H]6[C@@H](C)[C@H](C)CC[C@]6(C(=O)O)CC[C@@]5(C)[C@]4(C)CC[C@H]3C2(C)C)C(O)C(O)C1O. The van der Waals surface area contributed by atoms with Crippen LogP contribution >= 0.6 is 0 Å². The summed E-state index contributed by atoms with van der Waals surface area (Å²) in [4.78, 5) is 25.8. The van der Waals surface area contributed by atoms with Crippen LogP contribution in [0.1, 0.15) is 126 Å². The van der Waals surface area contributed by atoms with Crippen LogP contribution in [0.15, 0.2) is 11.6 Å². The standard InChI is InChI=1S/C40H64O9/c1-9-10-21-47-33(44)32-30(42)29(41)31(43)34(49-32)48-27-15-16-37(6)25(36(27,4)5)14-17-39(8)26(37)12-11-24-28-23(3)22(2)13-18-40(28,35(45)46)20-19-38(24,39)7/h11,22-23,25-32,34,41-43H,9-10,12-21H2,1-8H3,(H,45,46)/t22-,23+,25+,26-,27+,28+,29?,30?,31?,32?,34?,37+,38-,39-,40+/m1/s1. The van der Waals surface area contributed by atoms with Gasteiger partial charge in [0, 0.05) is 0 Å². The van der Waals surface area contributed by atoms with Crippen LogP contribution in [0, 0.1) is 56.7 Å². The first kappa shape index (κ1) is 37.2. The van der Waals surface area contributed by atoms with Crippen LogP contribution < -0.4 is 0 Å². The van der Waals surface area contributed by atoms with E-state index in [1.54, 1.807) is 0 Å². The molecule has 0 aromatic carbocycles. The molecule has 1 aliphatic heterocycles. The number of carbonyl (C=O) groups is 2. The first-order chi connectivity index (χ1) is 22.9. The topological polar surface area (TPSA) is 143 Å². The first-order valence-corrected chi connectivity index (χ1v) is 19.4. The van der Waals surface area contributed by atoms with E-state index in [9.17, 15) is 30.0 Å². The Morgan fingerprint density at radius 2 is 1.61 bits per heavy atom. The maximum atomic E-state index is 13.0. The highest BCUT2D eigenvalue weighted by Gasteiger charge is 2.70. The summed E-state index contributed by atoms with van der Waals surface area (Å²) in [6, 6.07) is 0. The number of hydrogen-bond acceptors (Lipinski definition) is 8. The van der Waals surface area contributed by atoms with E-state index in [4.69, 9.17) is 14.2 Å². The molecule has 5 aliphatic carbocycles. The number of carbonyl (C=O) groups excluding carboxylic acids is 1. The Hall–Kier alpha value is -1.52. The maximum absolute atomic E-state index is 13.0. The molecule has 4 N–H and O–H groups in total. The smallest absolute Gasteiger partial charge is 0.338 e. The summed E-state index contributed by atoms with van der Waals surface area (Å²) in [5.74, 6) is 0.309. The molecular weight excluding hydrogens is 624 g/mol. The molecule has 1 saturated heterocycles. The van der Waals surface area contributed by atoms with Crippen molar-refractivity contribution in [3.63, 3.8) is 0 Å². The lowest BCUT2D eigenvalue weighted by molar-refractivity contribution is -0.324. The van der Waals surface area contributed by atoms with Gasteiger partial charge in [0.05, 0.1) is 18.1 Å². The van der Waals surface area contributed by atoms with Crippen LogP contribution in [-0.4, -0.2) is 75.8 Å². The zero-order valence-electron chi connectivity index (χ0n) is 31.2. The van der Waals surface area contributed by atoms with E-state index < -0.39 is 48.1 Å². The van der Waals surface area contributed by atoms with Crippen LogP contribution in [0.5, 0.6) is 0 Å². The predicted molar refractivity (Wildman–Crippen MR) is 184 cm³/mol. The average molecular weight is 689 g/mol. The number of carboxylic acids is 1. The number of aliphatic hydroxyl groups is 3. The van der Waals surface area contributed by atoms with E-state index in [0.717, 1.165) is 64.2 Å². The zero-order valence-corrected chi connectivity index (χ0v) is 31.2. The van der Waals surface area contributed by atoms with E-state index in [1.807, 2.05) is 6.92 Å². The molecule has 5 fully saturated rings. The molecule has 4 saturated carbocycles. The Morgan fingerprint density at radius 3 is 2.29 bits per heavy atom. The average Bonchev–Trinajstić information content (AvgIpc) is 3.04. The summed E-state index contributed by atoms with van der Waals surface area (Å²) in [7, 11) is 0. The quantitative estimate of drug-likeness (QED) is 0.105. The molecule has 9 nitrogen and oxygen atoms in total. The highest BCUT2D eigenvalue weighted by Crippen LogP contribution is 2.76. The number of ether oxygens (including phenoxy) is 3. The molecule has 0 bridgehead atoms. The molecule has 49 heavy (non-hydrogen) atoms. The molecule has 0 aromatic rings. The molecule has 0 amide bonds. The highest BCUT2D eigenvalue weighted by molar-refractivity contribution is 5.77. The minimum Gasteiger partial charge on any atom is -0.481 e. The third kappa shape index (κ3) is 5.40. The van der Waals surface area contributed by atoms with Gasteiger partial charge in [-0.15, -0.1) is 0 Å². The lowest BCUT2D eigenvalue weighted by Crippen LogP contribution is -2.66. The van der Waals surface area contributed by atoms with Gasteiger partial charge in [-0.1, -0.05) is 73.5 Å². The van der Waals surface area contributed by atoms with Crippen LogP contribution in [0.2, 0.25) is 0 Å². The maximum Gasteiger partial charge on any atom is 0.338 e. The molecule has 6 rings (SSSR count). The molecule has 6 aliphatic rings. The largest absolute Gasteiger partial charge is 0.481 e. The van der Waals surface area contributed by atoms with E-state index >= 15 is 0 Å². The fourth-order valence-corrected chi connectivity index (χ4v) is 12.8. The molecule has 5 unspecified atom stereocenters. The van der Waals surface area contributed by atoms with Crippen molar-refractivity contribution in [1.29, 1.82) is 0 Å². The van der Waals surface area contributed by atoms with E-state index in [1.165, 1.54) is 5.57 Å². The molecule has 9 heteroatoms. The fraction of sp³-hybridized carbons (Fsp3) is 0.900. The number of hydrogen-bond donors (Lipinski definition) is 4. The van der Waals surface area contributed by atoms with Crippen molar-refractivity contribution in [1.82, 2.24) is 0 Å². The van der Waals surface area contributed by atoms with E-state index in [-0.39, 0.29) is 40.3 Å². The van der Waals surface area contributed by atoms with Crippen molar-refractivity contribution in [2.24, 2.45) is 56.7 Å². The number of aliphatic hydroxyl groups excluding tert-OH is 3. The van der Waals surface area contributed by atoms with Crippen LogP contribution in [0.4, 0.5) is 0 Å². The van der Waals surface area contributed by atoms with Gasteiger partial charge in [0.25, 0.3) is 0 Å². The second kappa shape index (κ2) is 12.9. The molecule has 1 heterocycles. The number of carboxylic acid groups (broad SMARTS) is 1. The van der Waals surface area contributed by atoms with Gasteiger partial charge in [-0.25, -0.2) is 4.79 Å². The Labute approximate surface area is 293 Å². The summed E-state index contributed by atoms with van der Waals surface area (Å²) < 4.78 is 17.7. The lowest BCUT2D eigenvalue weighted by Gasteiger charge is -2.71. The molecule has 0 spiro atoms. The van der Waals surface area contributed by atoms with Crippen molar-refractivity contribution < 1.29 is 44.2 Å². The minimum absolute atomic E-state index is 0.0154. The number of allylic oxidation sites excluding steroid dienone is 2. The number of esters is 1. The van der Waals surface area contributed by atoms with E-state index in [0.29, 0.717) is 30.1 Å². The number of rotatable bonds is 7. The van der Waals surface area contributed by atoms with Gasteiger partial charge in [-0.3, -0.25) is 4.79 Å². The Bertz CT molecular complexity index is 1310. The van der Waals surface area contributed by atoms with Gasteiger partial charge in [0.2, 0.25) is 0 Å². The highest BCUT2D eigenvalue weighted by atomic mass is 16.7. The van der Waals surface area contributed by atoms with Crippen molar-refractivity contribution in [3.8, 4) is 0 Å². The number of fused-ring (bicyclic) bond motifs is 7. The monoisotopic (exact) mass is 688 g/mol. The number of unbranched alkanes of at least 4 members (excludes halogenated alkanes) is 1. The van der Waals surface area contributed by atoms with Gasteiger partial charge >= 0.3 is 11.9 Å². The van der Waals surface area contributed by atoms with Crippen molar-refractivity contribution >= 4 is 11.9 Å². The number of aliphatic carboxylic acids is 1. The second-order valence-electron chi connectivity index (χ2n) is 18.5. The summed E-state index contributed by atoms with van der Waals surface area (Å²) in [6.45, 7) is 18.7. The fourth-order valence-electron chi connectivity index (χ4n) is 12.8. The Balaban J connectivity index is 1.25. The van der Waals surface area contributed by atoms with Crippen LogP contribution in [-0.2, 0) is 23.8 Å². The van der Waals surface area contributed by atoms with E-state index in [2.05, 4.69) is 54.5 Å². The van der Waals surface area contributed by atoms with Crippen LogP contribution in [0.3, 0.4) is 0 Å². The third-order valence-corrected chi connectivity index (χ3v) is 16.2.